The number of carbonyl (C=O) groups is 2. The van der Waals surface area contributed by atoms with E-state index in [1.807, 2.05) is 0 Å². The minimum atomic E-state index is -0.833. The first-order chi connectivity index (χ1) is 7.38. The van der Waals surface area contributed by atoms with Gasteiger partial charge in [0.1, 0.15) is 0 Å². The summed E-state index contributed by atoms with van der Waals surface area (Å²) >= 11 is 0. The van der Waals surface area contributed by atoms with Crippen LogP contribution in [0.1, 0.15) is 26.2 Å². The number of nitrogens with two attached hydrogens (primary N) is 1. The lowest BCUT2D eigenvalue weighted by molar-refractivity contribution is -0.148. The second-order valence-electron chi connectivity index (χ2n) is 3.78. The molecule has 0 unspecified atom stereocenters. The summed E-state index contributed by atoms with van der Waals surface area (Å²) in [5.41, 5.74) is 5.58. The maximum Gasteiger partial charge on any atom is 0.308 e. The summed E-state index contributed by atoms with van der Waals surface area (Å²) in [5, 5.41) is 16.8. The summed E-state index contributed by atoms with van der Waals surface area (Å²) in [5.74, 6) is -1.23. The van der Waals surface area contributed by atoms with Crippen LogP contribution in [0.4, 0.5) is 0 Å². The number of methoxy groups -OCH3 is 1. The Morgan fingerprint density at radius 1 is 1.38 bits per heavy atom. The zero-order valence-electron chi connectivity index (χ0n) is 9.55. The highest BCUT2D eigenvalue weighted by molar-refractivity contribution is 5.72. The monoisotopic (exact) mass is 233 g/mol. The van der Waals surface area contributed by atoms with E-state index >= 15 is 0 Å². The molecular formula is C10H19NO5. The van der Waals surface area contributed by atoms with Crippen molar-refractivity contribution in [2.75, 3.05) is 7.11 Å². The molecule has 1 aliphatic rings. The van der Waals surface area contributed by atoms with Gasteiger partial charge in [0.25, 0.3) is 5.97 Å². The molecule has 0 amide bonds. The molecule has 16 heavy (non-hydrogen) atoms. The minimum absolute atomic E-state index is 0.162. The Balaban J connectivity index is 0.000000487. The van der Waals surface area contributed by atoms with Crippen LogP contribution in [-0.4, -0.2) is 41.4 Å². The van der Waals surface area contributed by atoms with E-state index in [0.29, 0.717) is 12.8 Å². The highest BCUT2D eigenvalue weighted by Gasteiger charge is 2.31. The summed E-state index contributed by atoms with van der Waals surface area (Å²) in [6.45, 7) is 1.08. The number of aliphatic carboxylic acids is 1. The zero-order chi connectivity index (χ0) is 12.7. The molecule has 0 spiro atoms. The highest BCUT2D eigenvalue weighted by atomic mass is 16.5. The number of carboxylic acids is 1. The minimum Gasteiger partial charge on any atom is -0.481 e. The molecule has 94 valence electrons. The number of carbonyl (C=O) groups excluding carboxylic acids is 1. The number of carboxylic acid groups (broad SMARTS) is 1. The molecule has 0 aromatic carbocycles. The van der Waals surface area contributed by atoms with Crippen molar-refractivity contribution < 1.29 is 24.5 Å². The largest absolute Gasteiger partial charge is 0.481 e. The smallest absolute Gasteiger partial charge is 0.308 e. The van der Waals surface area contributed by atoms with E-state index in [9.17, 15) is 9.90 Å². The third-order valence-electron chi connectivity index (χ3n) is 2.40. The Kier molecular flexibility index (Phi) is 6.67. The third-order valence-corrected chi connectivity index (χ3v) is 2.40. The van der Waals surface area contributed by atoms with Crippen LogP contribution in [0.25, 0.3) is 0 Å². The number of aliphatic hydroxyl groups excluding tert-OH is 1. The number of hydrogen-bond acceptors (Lipinski definition) is 5. The van der Waals surface area contributed by atoms with Gasteiger partial charge in [-0.3, -0.25) is 9.59 Å². The molecule has 1 fully saturated rings. The fourth-order valence-corrected chi connectivity index (χ4v) is 1.55. The van der Waals surface area contributed by atoms with Gasteiger partial charge in [0.2, 0.25) is 0 Å². The number of ether oxygens (including phenoxy) is 1. The molecule has 0 aliphatic heterocycles. The molecule has 0 heterocycles. The molecule has 0 radical (unpaired) electrons. The van der Waals surface area contributed by atoms with Crippen molar-refractivity contribution >= 4 is 11.9 Å². The summed E-state index contributed by atoms with van der Waals surface area (Å²) in [4.78, 5) is 20.0. The number of esters is 1. The van der Waals surface area contributed by atoms with Crippen LogP contribution in [0, 0.1) is 5.92 Å². The summed E-state index contributed by atoms with van der Waals surface area (Å²) in [6.07, 6.45) is 1.31. The van der Waals surface area contributed by atoms with Crippen molar-refractivity contribution in [3.63, 3.8) is 0 Å². The molecule has 0 aromatic heterocycles. The first kappa shape index (κ1) is 14.9. The quantitative estimate of drug-likeness (QED) is 0.538. The Bertz CT molecular complexity index is 239. The SMILES string of the molecule is CC(=O)O.COC(=O)[C@@H]1CC[C@@H](N)[C@H](O)C1. The topological polar surface area (TPSA) is 110 Å². The first-order valence-electron chi connectivity index (χ1n) is 5.09. The standard InChI is InChI=1S/C8H15NO3.C2H4O2/c1-12-8(11)5-2-3-6(9)7(10)4-5;1-2(3)4/h5-7,10H,2-4,9H2,1H3;1H3,(H,3,4)/t5-,6-,7-;/m1./s1. The lowest BCUT2D eigenvalue weighted by atomic mass is 9.84. The highest BCUT2D eigenvalue weighted by Crippen LogP contribution is 2.24. The molecule has 4 N–H and O–H groups in total. The van der Waals surface area contributed by atoms with Gasteiger partial charge in [-0.2, -0.15) is 0 Å². The van der Waals surface area contributed by atoms with Crippen molar-refractivity contribution in [2.24, 2.45) is 11.7 Å². The normalized spacial score (nSPS) is 28.6. The van der Waals surface area contributed by atoms with Crippen LogP contribution in [0.15, 0.2) is 0 Å². The molecule has 0 aromatic rings. The van der Waals surface area contributed by atoms with Gasteiger partial charge in [0.05, 0.1) is 19.1 Å². The van der Waals surface area contributed by atoms with Crippen LogP contribution in [0.2, 0.25) is 0 Å². The number of hydrogen-bond donors (Lipinski definition) is 3. The number of rotatable bonds is 1. The average molecular weight is 233 g/mol. The van der Waals surface area contributed by atoms with E-state index in [2.05, 4.69) is 4.74 Å². The predicted octanol–water partition coefficient (Wildman–Crippen LogP) is -0.261. The molecule has 0 saturated heterocycles. The predicted molar refractivity (Wildman–Crippen MR) is 56.6 cm³/mol. The second-order valence-corrected chi connectivity index (χ2v) is 3.78. The van der Waals surface area contributed by atoms with Crippen molar-refractivity contribution in [1.82, 2.24) is 0 Å². The van der Waals surface area contributed by atoms with E-state index in [4.69, 9.17) is 15.6 Å². The number of aliphatic hydroxyl groups is 1. The van der Waals surface area contributed by atoms with Gasteiger partial charge < -0.3 is 20.7 Å². The zero-order valence-corrected chi connectivity index (χ0v) is 9.55. The molecule has 1 saturated carbocycles. The van der Waals surface area contributed by atoms with Crippen LogP contribution < -0.4 is 5.73 Å². The van der Waals surface area contributed by atoms with E-state index in [1.54, 1.807) is 0 Å². The molecule has 6 nitrogen and oxygen atoms in total. The summed E-state index contributed by atoms with van der Waals surface area (Å²) in [7, 11) is 1.36. The Morgan fingerprint density at radius 3 is 2.25 bits per heavy atom. The first-order valence-corrected chi connectivity index (χ1v) is 5.09. The van der Waals surface area contributed by atoms with Gasteiger partial charge in [-0.25, -0.2) is 0 Å². The van der Waals surface area contributed by atoms with Gasteiger partial charge in [-0.05, 0) is 19.3 Å². The van der Waals surface area contributed by atoms with Gasteiger partial charge in [-0.15, -0.1) is 0 Å². The van der Waals surface area contributed by atoms with Crippen LogP contribution in [-0.2, 0) is 14.3 Å². The van der Waals surface area contributed by atoms with Crippen molar-refractivity contribution in [3.8, 4) is 0 Å². The maximum atomic E-state index is 11.0. The average Bonchev–Trinajstić information content (AvgIpc) is 2.20. The van der Waals surface area contributed by atoms with Crippen LogP contribution >= 0.6 is 0 Å². The van der Waals surface area contributed by atoms with E-state index in [1.165, 1.54) is 7.11 Å². The lowest BCUT2D eigenvalue weighted by Crippen LogP contribution is -2.42. The van der Waals surface area contributed by atoms with Crippen molar-refractivity contribution in [2.45, 2.75) is 38.3 Å². The molecule has 6 heteroatoms. The Labute approximate surface area is 94.4 Å². The summed E-state index contributed by atoms with van der Waals surface area (Å²) < 4.78 is 4.58. The van der Waals surface area contributed by atoms with E-state index in [-0.39, 0.29) is 17.9 Å². The molecule has 3 atom stereocenters. The van der Waals surface area contributed by atoms with Crippen LogP contribution in [0.5, 0.6) is 0 Å². The van der Waals surface area contributed by atoms with E-state index < -0.39 is 12.1 Å². The lowest BCUT2D eigenvalue weighted by Gasteiger charge is -2.28. The van der Waals surface area contributed by atoms with Gasteiger partial charge >= 0.3 is 5.97 Å². The van der Waals surface area contributed by atoms with Gasteiger partial charge in [0.15, 0.2) is 0 Å². The van der Waals surface area contributed by atoms with Crippen LogP contribution in [0.3, 0.4) is 0 Å². The van der Waals surface area contributed by atoms with E-state index in [0.717, 1.165) is 13.3 Å². The fraction of sp³-hybridized carbons (Fsp3) is 0.800. The van der Waals surface area contributed by atoms with Gasteiger partial charge in [-0.1, -0.05) is 0 Å². The molecule has 1 aliphatic carbocycles. The Morgan fingerprint density at radius 2 is 1.88 bits per heavy atom. The Hall–Kier alpha value is -1.14. The van der Waals surface area contributed by atoms with Gasteiger partial charge in [0, 0.05) is 13.0 Å². The summed E-state index contributed by atoms with van der Waals surface area (Å²) in [6, 6.07) is -0.175. The maximum absolute atomic E-state index is 11.0. The molecule has 1 rings (SSSR count). The fourth-order valence-electron chi connectivity index (χ4n) is 1.55. The molecule has 0 bridgehead atoms. The van der Waals surface area contributed by atoms with Crippen molar-refractivity contribution in [3.05, 3.63) is 0 Å². The second kappa shape index (κ2) is 7.19. The third kappa shape index (κ3) is 5.67. The molecular weight excluding hydrogens is 214 g/mol. The van der Waals surface area contributed by atoms with Crippen molar-refractivity contribution in [1.29, 1.82) is 0 Å².